The Kier molecular flexibility index (Phi) is 1.91. The molecule has 0 aromatic heterocycles. The Morgan fingerprint density at radius 2 is 2.00 bits per heavy atom. The monoisotopic (exact) mass is 126 g/mol. The molecule has 0 amide bonds. The highest BCUT2D eigenvalue weighted by Gasteiger charge is 2.27. The molecule has 9 heavy (non-hydrogen) atoms. The van der Waals surface area contributed by atoms with Crippen molar-refractivity contribution < 1.29 is 5.11 Å². The first-order chi connectivity index (χ1) is 4.33. The van der Waals surface area contributed by atoms with Gasteiger partial charge in [-0.1, -0.05) is 19.1 Å². The molecular formula is C8H14O. The van der Waals surface area contributed by atoms with Crippen molar-refractivity contribution >= 4 is 0 Å². The summed E-state index contributed by atoms with van der Waals surface area (Å²) in [7, 11) is 0. The minimum atomic E-state index is 0.222. The van der Waals surface area contributed by atoms with Crippen molar-refractivity contribution in [3.05, 3.63) is 12.2 Å². The second-order valence-electron chi connectivity index (χ2n) is 2.89. The third-order valence-corrected chi connectivity index (χ3v) is 2.35. The Bertz CT molecular complexity index is 102. The minimum absolute atomic E-state index is 0.222. The maximum absolute atomic E-state index is 8.98. The number of hydrogen-bond donors (Lipinski definition) is 1. The molecular weight excluding hydrogens is 112 g/mol. The van der Waals surface area contributed by atoms with E-state index in [1.54, 1.807) is 0 Å². The first-order valence-corrected chi connectivity index (χ1v) is 3.59. The van der Waals surface area contributed by atoms with Crippen molar-refractivity contribution in [1.29, 1.82) is 0 Å². The fraction of sp³-hybridized carbons (Fsp3) is 0.750. The fourth-order valence-corrected chi connectivity index (χ4v) is 1.28. The zero-order chi connectivity index (χ0) is 6.74. The van der Waals surface area contributed by atoms with E-state index in [1.165, 1.54) is 0 Å². The van der Waals surface area contributed by atoms with Crippen LogP contribution in [0.1, 0.15) is 26.2 Å². The first kappa shape index (κ1) is 6.81. The molecule has 0 radical (unpaired) electrons. The molecule has 1 N–H and O–H groups in total. The molecule has 0 aromatic carbocycles. The summed E-state index contributed by atoms with van der Waals surface area (Å²) in [4.78, 5) is 0. The molecule has 52 valence electrons. The van der Waals surface area contributed by atoms with Gasteiger partial charge in [-0.2, -0.15) is 0 Å². The molecule has 1 nitrogen and oxygen atoms in total. The zero-order valence-electron chi connectivity index (χ0n) is 5.93. The number of aliphatic hydroxyl groups is 1. The topological polar surface area (TPSA) is 20.2 Å². The number of rotatable bonds is 2. The molecule has 0 bridgehead atoms. The van der Waals surface area contributed by atoms with Crippen LogP contribution in [-0.2, 0) is 0 Å². The summed E-state index contributed by atoms with van der Waals surface area (Å²) in [6.45, 7) is 2.49. The van der Waals surface area contributed by atoms with Gasteiger partial charge in [-0.15, -0.1) is 0 Å². The fourth-order valence-electron chi connectivity index (χ4n) is 1.28. The highest BCUT2D eigenvalue weighted by molar-refractivity contribution is 5.01. The van der Waals surface area contributed by atoms with Crippen LogP contribution in [0.2, 0.25) is 0 Å². The highest BCUT2D eigenvalue weighted by atomic mass is 16.3. The maximum atomic E-state index is 8.98. The van der Waals surface area contributed by atoms with Crippen molar-refractivity contribution in [1.82, 2.24) is 0 Å². The van der Waals surface area contributed by atoms with Gasteiger partial charge in [0.15, 0.2) is 0 Å². The van der Waals surface area contributed by atoms with Gasteiger partial charge < -0.3 is 5.11 Å². The van der Waals surface area contributed by atoms with Crippen LogP contribution in [-0.4, -0.2) is 11.7 Å². The van der Waals surface area contributed by atoms with Crippen LogP contribution in [0.5, 0.6) is 0 Å². The summed E-state index contributed by atoms with van der Waals surface area (Å²) in [6, 6.07) is 0. The second kappa shape index (κ2) is 2.53. The van der Waals surface area contributed by atoms with Gasteiger partial charge in [0.2, 0.25) is 0 Å². The Hall–Kier alpha value is -0.300. The van der Waals surface area contributed by atoms with Crippen LogP contribution in [0.25, 0.3) is 0 Å². The normalized spacial score (nSPS) is 22.9. The van der Waals surface area contributed by atoms with Crippen LogP contribution in [0.3, 0.4) is 0 Å². The number of allylic oxidation sites excluding steroid dienone is 2. The summed E-state index contributed by atoms with van der Waals surface area (Å²) < 4.78 is 0. The van der Waals surface area contributed by atoms with Crippen molar-refractivity contribution in [2.24, 2.45) is 5.41 Å². The van der Waals surface area contributed by atoms with Gasteiger partial charge in [0.25, 0.3) is 0 Å². The van der Waals surface area contributed by atoms with E-state index < -0.39 is 0 Å². The molecule has 0 saturated heterocycles. The Morgan fingerprint density at radius 3 is 2.22 bits per heavy atom. The predicted octanol–water partition coefficient (Wildman–Crippen LogP) is 1.73. The van der Waals surface area contributed by atoms with E-state index >= 15 is 0 Å². The van der Waals surface area contributed by atoms with Gasteiger partial charge in [-0.3, -0.25) is 0 Å². The first-order valence-electron chi connectivity index (χ1n) is 3.59. The van der Waals surface area contributed by atoms with E-state index in [4.69, 9.17) is 5.11 Å². The number of hydrogen-bond acceptors (Lipinski definition) is 1. The van der Waals surface area contributed by atoms with Crippen LogP contribution >= 0.6 is 0 Å². The van der Waals surface area contributed by atoms with Crippen molar-refractivity contribution in [2.75, 3.05) is 6.61 Å². The summed E-state index contributed by atoms with van der Waals surface area (Å²) in [5, 5.41) is 8.98. The van der Waals surface area contributed by atoms with E-state index in [-0.39, 0.29) is 5.41 Å². The van der Waals surface area contributed by atoms with E-state index in [0.717, 1.165) is 19.3 Å². The molecule has 0 heterocycles. The molecule has 0 fully saturated rings. The molecule has 1 aliphatic carbocycles. The molecule has 1 rings (SSSR count). The van der Waals surface area contributed by atoms with Crippen LogP contribution in [0, 0.1) is 5.41 Å². The Balaban J connectivity index is 2.50. The summed E-state index contributed by atoms with van der Waals surface area (Å²) in [5.41, 5.74) is 0.222. The van der Waals surface area contributed by atoms with E-state index in [9.17, 15) is 0 Å². The van der Waals surface area contributed by atoms with Crippen LogP contribution in [0.4, 0.5) is 0 Å². The molecule has 0 spiro atoms. The minimum Gasteiger partial charge on any atom is -0.396 e. The number of aliphatic hydroxyl groups excluding tert-OH is 1. The maximum Gasteiger partial charge on any atom is 0.0493 e. The van der Waals surface area contributed by atoms with E-state index in [1.807, 2.05) is 0 Å². The summed E-state index contributed by atoms with van der Waals surface area (Å²) in [5.74, 6) is 0. The summed E-state index contributed by atoms with van der Waals surface area (Å²) >= 11 is 0. The van der Waals surface area contributed by atoms with Crippen LogP contribution < -0.4 is 0 Å². The third kappa shape index (κ3) is 1.16. The smallest absolute Gasteiger partial charge is 0.0493 e. The lowest BCUT2D eigenvalue weighted by atomic mass is 9.84. The molecule has 0 aromatic rings. The molecule has 1 heteroatoms. The second-order valence-corrected chi connectivity index (χ2v) is 2.89. The van der Waals surface area contributed by atoms with Crippen molar-refractivity contribution in [3.8, 4) is 0 Å². The van der Waals surface area contributed by atoms with Gasteiger partial charge in [0, 0.05) is 12.0 Å². The summed E-state index contributed by atoms with van der Waals surface area (Å²) in [6.07, 6.45) is 7.57. The van der Waals surface area contributed by atoms with E-state index in [2.05, 4.69) is 19.1 Å². The standard InChI is InChI=1S/C8H14O/c1-2-8(7-9)5-3-4-6-8/h3-4,9H,2,5-7H2,1H3. The van der Waals surface area contributed by atoms with Crippen LogP contribution in [0.15, 0.2) is 12.2 Å². The highest BCUT2D eigenvalue weighted by Crippen LogP contribution is 2.35. The lowest BCUT2D eigenvalue weighted by Gasteiger charge is -2.23. The largest absolute Gasteiger partial charge is 0.396 e. The average Bonchev–Trinajstić information content (AvgIpc) is 2.36. The Labute approximate surface area is 56.4 Å². The van der Waals surface area contributed by atoms with Gasteiger partial charge >= 0.3 is 0 Å². The van der Waals surface area contributed by atoms with Crippen molar-refractivity contribution in [3.63, 3.8) is 0 Å². The average molecular weight is 126 g/mol. The molecule has 0 saturated carbocycles. The molecule has 0 atom stereocenters. The SMILES string of the molecule is CCC1(CO)CC=CC1. The zero-order valence-corrected chi connectivity index (χ0v) is 5.93. The lowest BCUT2D eigenvalue weighted by Crippen LogP contribution is -2.20. The predicted molar refractivity (Wildman–Crippen MR) is 38.2 cm³/mol. The Morgan fingerprint density at radius 1 is 1.44 bits per heavy atom. The molecule has 0 aliphatic heterocycles. The third-order valence-electron chi connectivity index (χ3n) is 2.35. The van der Waals surface area contributed by atoms with Crippen molar-refractivity contribution in [2.45, 2.75) is 26.2 Å². The van der Waals surface area contributed by atoms with Gasteiger partial charge in [0.1, 0.15) is 0 Å². The van der Waals surface area contributed by atoms with E-state index in [0.29, 0.717) is 6.61 Å². The molecule has 1 aliphatic rings. The molecule has 0 unspecified atom stereocenters. The lowest BCUT2D eigenvalue weighted by molar-refractivity contribution is 0.132. The quantitative estimate of drug-likeness (QED) is 0.558. The van der Waals surface area contributed by atoms with Gasteiger partial charge in [0.05, 0.1) is 0 Å². The van der Waals surface area contributed by atoms with Gasteiger partial charge in [-0.05, 0) is 19.3 Å². The van der Waals surface area contributed by atoms with Gasteiger partial charge in [-0.25, -0.2) is 0 Å².